The Hall–Kier alpha value is -1.67. The molecule has 0 aliphatic carbocycles. The van der Waals surface area contributed by atoms with E-state index in [1.165, 1.54) is 16.6 Å². The first-order chi connectivity index (χ1) is 9.52. The van der Waals surface area contributed by atoms with Gasteiger partial charge in [-0.15, -0.1) is 0 Å². The lowest BCUT2D eigenvalue weighted by atomic mass is 10.2. The van der Waals surface area contributed by atoms with E-state index in [2.05, 4.69) is 15.6 Å². The molecule has 2 rings (SSSR count). The second kappa shape index (κ2) is 5.76. The van der Waals surface area contributed by atoms with Crippen molar-refractivity contribution >= 4 is 21.7 Å². The van der Waals surface area contributed by atoms with Crippen molar-refractivity contribution in [3.63, 3.8) is 0 Å². The summed E-state index contributed by atoms with van der Waals surface area (Å²) in [7, 11) is -2.14. The molecule has 1 fully saturated rings. The van der Waals surface area contributed by atoms with E-state index in [1.54, 1.807) is 20.0 Å². The highest BCUT2D eigenvalue weighted by molar-refractivity contribution is 7.89. The number of hydrogen-bond donors (Lipinski definition) is 2. The Morgan fingerprint density at radius 3 is 2.95 bits per heavy atom. The second-order valence-corrected chi connectivity index (χ2v) is 6.29. The number of hydrogen-bond acceptors (Lipinski definition) is 5. The van der Waals surface area contributed by atoms with E-state index in [0.717, 1.165) is 0 Å². The summed E-state index contributed by atoms with van der Waals surface area (Å²) in [5, 5.41) is 5.46. The van der Waals surface area contributed by atoms with Crippen LogP contribution in [-0.2, 0) is 14.8 Å². The average molecular weight is 298 g/mol. The summed E-state index contributed by atoms with van der Waals surface area (Å²) in [4.78, 5) is 15.9. The zero-order valence-corrected chi connectivity index (χ0v) is 12.3. The predicted molar refractivity (Wildman–Crippen MR) is 74.8 cm³/mol. The molecule has 8 heteroatoms. The predicted octanol–water partition coefficient (Wildman–Crippen LogP) is 0.0224. The van der Waals surface area contributed by atoms with Gasteiger partial charge >= 0.3 is 0 Å². The number of nitrogens with one attached hydrogen (secondary N) is 2. The maximum atomic E-state index is 12.7. The number of amides is 1. The normalized spacial score (nSPS) is 20.5. The first-order valence-electron chi connectivity index (χ1n) is 6.44. The SMILES string of the molecule is CCC1C(=O)NCCN1S(=O)(=O)c1cccnc1NC. The van der Waals surface area contributed by atoms with Crippen LogP contribution in [0, 0.1) is 0 Å². The van der Waals surface area contributed by atoms with Crippen LogP contribution in [-0.4, -0.2) is 49.8 Å². The van der Waals surface area contributed by atoms with Crippen molar-refractivity contribution in [1.29, 1.82) is 0 Å². The summed E-state index contributed by atoms with van der Waals surface area (Å²) in [5.74, 6) is 0.0329. The highest BCUT2D eigenvalue weighted by atomic mass is 32.2. The van der Waals surface area contributed by atoms with E-state index >= 15 is 0 Å². The van der Waals surface area contributed by atoms with Gasteiger partial charge in [-0.1, -0.05) is 6.92 Å². The van der Waals surface area contributed by atoms with Gasteiger partial charge in [0.15, 0.2) is 0 Å². The van der Waals surface area contributed by atoms with E-state index in [9.17, 15) is 13.2 Å². The largest absolute Gasteiger partial charge is 0.372 e. The molecule has 0 radical (unpaired) electrons. The number of aromatic nitrogens is 1. The van der Waals surface area contributed by atoms with E-state index in [0.29, 0.717) is 13.0 Å². The standard InChI is InChI=1S/C12H18N4O3S/c1-3-9-12(17)15-7-8-16(9)20(18,19)10-5-4-6-14-11(10)13-2/h4-6,9H,3,7-8H2,1-2H3,(H,13,14)(H,15,17). The van der Waals surface area contributed by atoms with Crippen LogP contribution in [0.2, 0.25) is 0 Å². The van der Waals surface area contributed by atoms with Crippen molar-refractivity contribution in [2.75, 3.05) is 25.5 Å². The molecule has 0 aromatic carbocycles. The monoisotopic (exact) mass is 298 g/mol. The van der Waals surface area contributed by atoms with Gasteiger partial charge in [0.2, 0.25) is 15.9 Å². The molecule has 1 aliphatic rings. The minimum absolute atomic E-state index is 0.0932. The van der Waals surface area contributed by atoms with Gasteiger partial charge in [-0.3, -0.25) is 4.79 Å². The lowest BCUT2D eigenvalue weighted by Gasteiger charge is -2.33. The second-order valence-electron chi connectivity index (χ2n) is 4.43. The van der Waals surface area contributed by atoms with Crippen LogP contribution in [0.3, 0.4) is 0 Å². The molecule has 1 saturated heterocycles. The molecule has 1 aliphatic heterocycles. The lowest BCUT2D eigenvalue weighted by molar-refractivity contribution is -0.126. The number of nitrogens with zero attached hydrogens (tertiary/aromatic N) is 2. The fourth-order valence-electron chi connectivity index (χ4n) is 2.28. The number of rotatable bonds is 4. The van der Waals surface area contributed by atoms with Crippen LogP contribution >= 0.6 is 0 Å². The molecule has 1 aromatic rings. The molecule has 0 bridgehead atoms. The third-order valence-electron chi connectivity index (χ3n) is 3.26. The number of sulfonamides is 1. The Balaban J connectivity index is 2.46. The van der Waals surface area contributed by atoms with Crippen molar-refractivity contribution in [2.24, 2.45) is 0 Å². The number of carbonyl (C=O) groups excluding carboxylic acids is 1. The summed E-state index contributed by atoms with van der Waals surface area (Å²) in [6.45, 7) is 2.38. The molecule has 0 spiro atoms. The Labute approximate surface area is 118 Å². The van der Waals surface area contributed by atoms with Crippen LogP contribution in [0.5, 0.6) is 0 Å². The first-order valence-corrected chi connectivity index (χ1v) is 7.88. The summed E-state index contributed by atoms with van der Waals surface area (Å²) in [6.07, 6.45) is 1.95. The first kappa shape index (κ1) is 14.7. The summed E-state index contributed by atoms with van der Waals surface area (Å²) in [6, 6.07) is 2.39. The van der Waals surface area contributed by atoms with Gasteiger partial charge in [-0.2, -0.15) is 4.31 Å². The van der Waals surface area contributed by atoms with Gasteiger partial charge in [-0.05, 0) is 18.6 Å². The van der Waals surface area contributed by atoms with Crippen molar-refractivity contribution in [1.82, 2.24) is 14.6 Å². The molecule has 1 atom stereocenters. The Morgan fingerprint density at radius 1 is 1.55 bits per heavy atom. The highest BCUT2D eigenvalue weighted by Gasteiger charge is 2.38. The van der Waals surface area contributed by atoms with E-state index in [1.807, 2.05) is 0 Å². The van der Waals surface area contributed by atoms with E-state index in [-0.39, 0.29) is 23.2 Å². The minimum atomic E-state index is -3.75. The zero-order valence-electron chi connectivity index (χ0n) is 11.5. The smallest absolute Gasteiger partial charge is 0.247 e. The van der Waals surface area contributed by atoms with Crippen LogP contribution < -0.4 is 10.6 Å². The maximum absolute atomic E-state index is 12.7. The summed E-state index contributed by atoms with van der Waals surface area (Å²) < 4.78 is 26.7. The van der Waals surface area contributed by atoms with Gasteiger partial charge < -0.3 is 10.6 Å². The van der Waals surface area contributed by atoms with Crippen LogP contribution in [0.4, 0.5) is 5.82 Å². The summed E-state index contributed by atoms with van der Waals surface area (Å²) in [5.41, 5.74) is 0. The molecule has 1 unspecified atom stereocenters. The molecule has 1 amide bonds. The molecule has 1 aromatic heterocycles. The third kappa shape index (κ3) is 2.48. The molecular weight excluding hydrogens is 280 g/mol. The fraction of sp³-hybridized carbons (Fsp3) is 0.500. The fourth-order valence-corrected chi connectivity index (χ4v) is 4.10. The van der Waals surface area contributed by atoms with Crippen molar-refractivity contribution < 1.29 is 13.2 Å². The molecule has 2 N–H and O–H groups in total. The summed E-state index contributed by atoms with van der Waals surface area (Å²) >= 11 is 0. The maximum Gasteiger partial charge on any atom is 0.247 e. The average Bonchev–Trinajstić information content (AvgIpc) is 2.46. The Kier molecular flexibility index (Phi) is 4.24. The van der Waals surface area contributed by atoms with Crippen molar-refractivity contribution in [3.05, 3.63) is 18.3 Å². The number of piperazine rings is 1. The number of anilines is 1. The molecule has 2 heterocycles. The van der Waals surface area contributed by atoms with Gasteiger partial charge in [-0.25, -0.2) is 13.4 Å². The quantitative estimate of drug-likeness (QED) is 0.818. The van der Waals surface area contributed by atoms with Crippen molar-refractivity contribution in [3.8, 4) is 0 Å². The molecule has 7 nitrogen and oxygen atoms in total. The molecule has 0 saturated carbocycles. The van der Waals surface area contributed by atoms with Gasteiger partial charge in [0.1, 0.15) is 16.8 Å². The minimum Gasteiger partial charge on any atom is -0.372 e. The van der Waals surface area contributed by atoms with E-state index < -0.39 is 16.1 Å². The van der Waals surface area contributed by atoms with Crippen molar-refractivity contribution in [2.45, 2.75) is 24.3 Å². The third-order valence-corrected chi connectivity index (χ3v) is 5.20. The number of carbonyl (C=O) groups is 1. The van der Waals surface area contributed by atoms with Gasteiger partial charge in [0, 0.05) is 26.3 Å². The Morgan fingerprint density at radius 2 is 2.30 bits per heavy atom. The zero-order chi connectivity index (χ0) is 14.8. The Bertz CT molecular complexity index is 602. The molecular formula is C12H18N4O3S. The number of pyridine rings is 1. The highest BCUT2D eigenvalue weighted by Crippen LogP contribution is 2.25. The molecule has 110 valence electrons. The van der Waals surface area contributed by atoms with Crippen LogP contribution in [0.1, 0.15) is 13.3 Å². The van der Waals surface area contributed by atoms with Crippen LogP contribution in [0.15, 0.2) is 23.2 Å². The lowest BCUT2D eigenvalue weighted by Crippen LogP contribution is -2.56. The van der Waals surface area contributed by atoms with Gasteiger partial charge in [0.05, 0.1) is 0 Å². The topological polar surface area (TPSA) is 91.4 Å². The van der Waals surface area contributed by atoms with Gasteiger partial charge in [0.25, 0.3) is 0 Å². The van der Waals surface area contributed by atoms with Crippen LogP contribution in [0.25, 0.3) is 0 Å². The molecule has 20 heavy (non-hydrogen) atoms. The van der Waals surface area contributed by atoms with E-state index in [4.69, 9.17) is 0 Å².